The van der Waals surface area contributed by atoms with Crippen LogP contribution in [0.2, 0.25) is 0 Å². The normalized spacial score (nSPS) is 17.3. The largest absolute Gasteiger partial charge is 0.335 e. The summed E-state index contributed by atoms with van der Waals surface area (Å²) in [7, 11) is 0. The lowest BCUT2D eigenvalue weighted by atomic mass is 10.1. The third-order valence-electron chi connectivity index (χ3n) is 4.82. The van der Waals surface area contributed by atoms with Gasteiger partial charge in [0.1, 0.15) is 5.82 Å². The first-order valence-corrected chi connectivity index (χ1v) is 8.92. The molecule has 1 heterocycles. The molecule has 0 aliphatic carbocycles. The van der Waals surface area contributed by atoms with Crippen molar-refractivity contribution in [2.24, 2.45) is 0 Å². The number of carbonyl (C=O) groups is 1. The number of halogens is 1. The molecule has 1 amide bonds. The van der Waals surface area contributed by atoms with Crippen LogP contribution in [0.3, 0.4) is 0 Å². The Bertz CT molecular complexity index is 731. The Balaban J connectivity index is 1.51. The maximum atomic E-state index is 13.6. The Morgan fingerprint density at radius 2 is 2.04 bits per heavy atom. The van der Waals surface area contributed by atoms with Crippen molar-refractivity contribution in [3.63, 3.8) is 0 Å². The van der Waals surface area contributed by atoms with Gasteiger partial charge in [-0.15, -0.1) is 0 Å². The first-order valence-electron chi connectivity index (χ1n) is 8.92. The van der Waals surface area contributed by atoms with Crippen LogP contribution in [0.1, 0.15) is 36.0 Å². The van der Waals surface area contributed by atoms with E-state index in [1.807, 2.05) is 17.0 Å². The molecular formula is C21H25FN2O. The third-order valence-corrected chi connectivity index (χ3v) is 4.82. The fourth-order valence-electron chi connectivity index (χ4n) is 3.45. The molecule has 0 bridgehead atoms. The molecule has 1 atom stereocenters. The van der Waals surface area contributed by atoms with Crippen molar-refractivity contribution in [2.75, 3.05) is 6.54 Å². The molecule has 25 heavy (non-hydrogen) atoms. The Kier molecular flexibility index (Phi) is 5.82. The minimum absolute atomic E-state index is 0.174. The topological polar surface area (TPSA) is 32.3 Å². The second-order valence-corrected chi connectivity index (χ2v) is 6.76. The van der Waals surface area contributed by atoms with Crippen molar-refractivity contribution >= 4 is 5.91 Å². The molecule has 132 valence electrons. The summed E-state index contributed by atoms with van der Waals surface area (Å²) in [5.41, 5.74) is 3.08. The van der Waals surface area contributed by atoms with Gasteiger partial charge in [-0.25, -0.2) is 4.39 Å². The van der Waals surface area contributed by atoms with Gasteiger partial charge in [0.2, 0.25) is 5.91 Å². The molecule has 3 nitrogen and oxygen atoms in total. The average Bonchev–Trinajstić information content (AvgIpc) is 2.93. The quantitative estimate of drug-likeness (QED) is 0.778. The Hall–Kier alpha value is -2.20. The van der Waals surface area contributed by atoms with Crippen LogP contribution in [0.15, 0.2) is 48.5 Å². The molecule has 1 aliphatic heterocycles. The Morgan fingerprint density at radius 3 is 2.84 bits per heavy atom. The maximum Gasteiger partial charge on any atom is 0.223 e. The smallest absolute Gasteiger partial charge is 0.223 e. The summed E-state index contributed by atoms with van der Waals surface area (Å²) in [6, 6.07) is 15.4. The molecule has 2 aromatic carbocycles. The molecule has 1 aliphatic rings. The van der Waals surface area contributed by atoms with Crippen LogP contribution < -0.4 is 5.32 Å². The summed E-state index contributed by atoms with van der Waals surface area (Å²) >= 11 is 0. The Labute approximate surface area is 148 Å². The molecule has 0 saturated carbocycles. The Morgan fingerprint density at radius 1 is 1.20 bits per heavy atom. The van der Waals surface area contributed by atoms with E-state index in [9.17, 15) is 9.18 Å². The van der Waals surface area contributed by atoms with Crippen molar-refractivity contribution < 1.29 is 9.18 Å². The number of nitrogens with zero attached hydrogens (tertiary/aromatic N) is 1. The van der Waals surface area contributed by atoms with E-state index < -0.39 is 0 Å². The van der Waals surface area contributed by atoms with Crippen LogP contribution in [0.4, 0.5) is 4.39 Å². The van der Waals surface area contributed by atoms with Gasteiger partial charge < -0.3 is 10.2 Å². The zero-order valence-corrected chi connectivity index (χ0v) is 14.7. The van der Waals surface area contributed by atoms with Crippen LogP contribution in [0, 0.1) is 12.7 Å². The van der Waals surface area contributed by atoms with Gasteiger partial charge in [-0.05, 0) is 37.9 Å². The predicted molar refractivity (Wildman–Crippen MR) is 97.5 cm³/mol. The van der Waals surface area contributed by atoms with Gasteiger partial charge in [0.25, 0.3) is 0 Å². The summed E-state index contributed by atoms with van der Waals surface area (Å²) in [6.45, 7) is 4.04. The molecule has 2 aromatic rings. The number of amides is 1. The fourth-order valence-corrected chi connectivity index (χ4v) is 3.45. The van der Waals surface area contributed by atoms with Gasteiger partial charge in [0.05, 0.1) is 0 Å². The number of hydrogen-bond donors (Lipinski definition) is 1. The van der Waals surface area contributed by atoms with E-state index in [1.54, 1.807) is 12.1 Å². The second kappa shape index (κ2) is 8.26. The monoisotopic (exact) mass is 340 g/mol. The highest BCUT2D eigenvalue weighted by Gasteiger charge is 2.30. The van der Waals surface area contributed by atoms with E-state index in [0.717, 1.165) is 19.4 Å². The van der Waals surface area contributed by atoms with E-state index >= 15 is 0 Å². The molecule has 3 rings (SSSR count). The van der Waals surface area contributed by atoms with E-state index in [0.29, 0.717) is 25.1 Å². The summed E-state index contributed by atoms with van der Waals surface area (Å²) in [5, 5.41) is 3.30. The van der Waals surface area contributed by atoms with Gasteiger partial charge in [0.15, 0.2) is 0 Å². The van der Waals surface area contributed by atoms with Gasteiger partial charge >= 0.3 is 0 Å². The summed E-state index contributed by atoms with van der Waals surface area (Å²) in [6.07, 6.45) is 2.43. The highest BCUT2D eigenvalue weighted by Crippen LogP contribution is 2.24. The summed E-state index contributed by atoms with van der Waals surface area (Å²) in [4.78, 5) is 14.2. The van der Waals surface area contributed by atoms with Gasteiger partial charge in [-0.3, -0.25) is 4.79 Å². The first-order chi connectivity index (χ1) is 12.1. The number of aryl methyl sites for hydroxylation is 1. The van der Waals surface area contributed by atoms with Crippen LogP contribution in [-0.4, -0.2) is 23.4 Å². The van der Waals surface area contributed by atoms with Crippen LogP contribution in [0.25, 0.3) is 0 Å². The van der Waals surface area contributed by atoms with E-state index in [-0.39, 0.29) is 17.8 Å². The highest BCUT2D eigenvalue weighted by atomic mass is 19.1. The molecule has 0 spiro atoms. The molecule has 0 aromatic heterocycles. The van der Waals surface area contributed by atoms with Crippen molar-refractivity contribution in [1.29, 1.82) is 0 Å². The number of rotatable bonds is 7. The van der Waals surface area contributed by atoms with Gasteiger partial charge in [-0.2, -0.15) is 0 Å². The molecule has 1 N–H and O–H groups in total. The number of nitrogens with one attached hydrogen (secondary N) is 1. The van der Waals surface area contributed by atoms with E-state index in [1.165, 1.54) is 17.2 Å². The van der Waals surface area contributed by atoms with Crippen molar-refractivity contribution in [1.82, 2.24) is 10.2 Å². The molecule has 1 saturated heterocycles. The molecule has 0 radical (unpaired) electrons. The number of carbonyl (C=O) groups excluding carboxylic acids is 1. The van der Waals surface area contributed by atoms with E-state index in [2.05, 4.69) is 30.4 Å². The highest BCUT2D eigenvalue weighted by molar-refractivity contribution is 5.78. The van der Waals surface area contributed by atoms with Gasteiger partial charge in [-0.1, -0.05) is 48.0 Å². The lowest BCUT2D eigenvalue weighted by molar-refractivity contribution is -0.129. The van der Waals surface area contributed by atoms with Crippen molar-refractivity contribution in [2.45, 2.75) is 45.3 Å². The minimum atomic E-state index is -0.174. The van der Waals surface area contributed by atoms with Gasteiger partial charge in [0, 0.05) is 31.1 Å². The second-order valence-electron chi connectivity index (χ2n) is 6.76. The number of hydrogen-bond acceptors (Lipinski definition) is 2. The standard InChI is InChI=1S/C21H25FN2O/c1-16-5-4-6-17(13-16)15-24-19(9-10-21(24)25)11-12-23-14-18-7-2-3-8-20(18)22/h2-8,13,19,23H,9-12,14-15H2,1H3. The summed E-state index contributed by atoms with van der Waals surface area (Å²) < 4.78 is 13.6. The molecule has 4 heteroatoms. The van der Waals surface area contributed by atoms with Crippen LogP contribution in [-0.2, 0) is 17.9 Å². The zero-order valence-electron chi connectivity index (χ0n) is 14.7. The summed E-state index contributed by atoms with van der Waals surface area (Å²) in [5.74, 6) is 0.0627. The molecule has 1 fully saturated rings. The maximum absolute atomic E-state index is 13.6. The number of benzene rings is 2. The lowest BCUT2D eigenvalue weighted by Gasteiger charge is -2.25. The van der Waals surface area contributed by atoms with Crippen molar-refractivity contribution in [3.05, 3.63) is 71.0 Å². The average molecular weight is 340 g/mol. The van der Waals surface area contributed by atoms with E-state index in [4.69, 9.17) is 0 Å². The van der Waals surface area contributed by atoms with Crippen molar-refractivity contribution in [3.8, 4) is 0 Å². The minimum Gasteiger partial charge on any atom is -0.335 e. The molecular weight excluding hydrogens is 315 g/mol. The SMILES string of the molecule is Cc1cccc(CN2C(=O)CCC2CCNCc2ccccc2F)c1. The van der Waals surface area contributed by atoms with Crippen LogP contribution >= 0.6 is 0 Å². The predicted octanol–water partition coefficient (Wildman–Crippen LogP) is 3.81. The first kappa shape index (κ1) is 17.6. The number of likely N-dealkylation sites (tertiary alicyclic amines) is 1. The zero-order chi connectivity index (χ0) is 17.6. The third kappa shape index (κ3) is 4.67. The van der Waals surface area contributed by atoms with Crippen LogP contribution in [0.5, 0.6) is 0 Å². The fraction of sp³-hybridized carbons (Fsp3) is 0.381. The molecule has 1 unspecified atom stereocenters. The lowest BCUT2D eigenvalue weighted by Crippen LogP contribution is -2.34.